The van der Waals surface area contributed by atoms with Gasteiger partial charge in [-0.2, -0.15) is 0 Å². The van der Waals surface area contributed by atoms with Crippen LogP contribution in [0, 0.1) is 5.82 Å². The van der Waals surface area contributed by atoms with Crippen LogP contribution < -0.4 is 20.7 Å². The quantitative estimate of drug-likeness (QED) is 0.681. The van der Waals surface area contributed by atoms with Gasteiger partial charge in [-0.15, -0.1) is 0 Å². The number of hydrogen-bond acceptors (Lipinski definition) is 4. The zero-order valence-corrected chi connectivity index (χ0v) is 12.8. The predicted octanol–water partition coefficient (Wildman–Crippen LogP) is 1.000. The molecule has 1 aliphatic rings. The maximum Gasteiger partial charge on any atom is 0.322 e. The number of rotatable bonds is 6. The zero-order valence-electron chi connectivity index (χ0n) is 12.8. The number of halogens is 1. The molecule has 1 aromatic rings. The highest BCUT2D eigenvalue weighted by molar-refractivity contribution is 6.04. The van der Waals surface area contributed by atoms with E-state index < -0.39 is 29.8 Å². The molecule has 124 valence electrons. The highest BCUT2D eigenvalue weighted by Gasteiger charge is 2.29. The summed E-state index contributed by atoms with van der Waals surface area (Å²) in [6.45, 7) is 1.73. The van der Waals surface area contributed by atoms with E-state index in [4.69, 9.17) is 4.74 Å². The Morgan fingerprint density at radius 3 is 2.74 bits per heavy atom. The Morgan fingerprint density at radius 1 is 1.43 bits per heavy atom. The second kappa shape index (κ2) is 7.08. The standard InChI is InChI=1S/C15H18FN3O4/c1-8(9-3-5-12(23-2)10(16)7-9)17-13(20)6-4-11-14(21)19-15(22)18-11/h3,5,7-8,11H,4,6H2,1-2H3,(H,17,20)(H2,18,19,21,22)/t8-,11+/m0/s1. The van der Waals surface area contributed by atoms with Crippen molar-refractivity contribution in [1.82, 2.24) is 16.0 Å². The summed E-state index contributed by atoms with van der Waals surface area (Å²) in [7, 11) is 1.38. The molecule has 1 heterocycles. The van der Waals surface area contributed by atoms with Gasteiger partial charge in [0.1, 0.15) is 6.04 Å². The Bertz CT molecular complexity index is 635. The van der Waals surface area contributed by atoms with E-state index in [0.29, 0.717) is 5.56 Å². The van der Waals surface area contributed by atoms with Crippen molar-refractivity contribution in [2.45, 2.75) is 31.8 Å². The fraction of sp³-hybridized carbons (Fsp3) is 0.400. The Hall–Kier alpha value is -2.64. The summed E-state index contributed by atoms with van der Waals surface area (Å²) in [6, 6.07) is 2.82. The van der Waals surface area contributed by atoms with E-state index in [9.17, 15) is 18.8 Å². The number of amides is 4. The van der Waals surface area contributed by atoms with Crippen LogP contribution in [0.5, 0.6) is 5.75 Å². The smallest absolute Gasteiger partial charge is 0.322 e. The van der Waals surface area contributed by atoms with Crippen LogP contribution in [0.25, 0.3) is 0 Å². The molecular weight excluding hydrogens is 305 g/mol. The van der Waals surface area contributed by atoms with E-state index in [-0.39, 0.29) is 24.5 Å². The van der Waals surface area contributed by atoms with Gasteiger partial charge in [0.15, 0.2) is 11.6 Å². The molecule has 23 heavy (non-hydrogen) atoms. The summed E-state index contributed by atoms with van der Waals surface area (Å²) in [5.74, 6) is -1.09. The molecule has 1 saturated heterocycles. The van der Waals surface area contributed by atoms with Gasteiger partial charge in [-0.05, 0) is 31.0 Å². The first kappa shape index (κ1) is 16.7. The largest absolute Gasteiger partial charge is 0.494 e. The van der Waals surface area contributed by atoms with Crippen LogP contribution in [-0.4, -0.2) is 31.0 Å². The minimum absolute atomic E-state index is 0.0708. The molecule has 7 nitrogen and oxygen atoms in total. The SMILES string of the molecule is COc1ccc([C@H](C)NC(=O)CC[C@H]2NC(=O)NC2=O)cc1F. The average Bonchev–Trinajstić information content (AvgIpc) is 2.82. The number of hydrogen-bond donors (Lipinski definition) is 3. The monoisotopic (exact) mass is 323 g/mol. The third-order valence-corrected chi connectivity index (χ3v) is 3.57. The van der Waals surface area contributed by atoms with E-state index in [1.807, 2.05) is 0 Å². The van der Waals surface area contributed by atoms with Gasteiger partial charge in [-0.3, -0.25) is 14.9 Å². The Morgan fingerprint density at radius 2 is 2.17 bits per heavy atom. The number of carbonyl (C=O) groups excluding carboxylic acids is 3. The molecular formula is C15H18FN3O4. The topological polar surface area (TPSA) is 96.5 Å². The number of carbonyl (C=O) groups is 3. The summed E-state index contributed by atoms with van der Waals surface area (Å²) in [4.78, 5) is 34.2. The first-order valence-electron chi connectivity index (χ1n) is 7.15. The molecule has 0 saturated carbocycles. The van der Waals surface area contributed by atoms with Crippen molar-refractivity contribution in [2.24, 2.45) is 0 Å². The van der Waals surface area contributed by atoms with Crippen molar-refractivity contribution in [1.29, 1.82) is 0 Å². The molecule has 1 aliphatic heterocycles. The molecule has 0 aliphatic carbocycles. The highest BCUT2D eigenvalue weighted by atomic mass is 19.1. The molecule has 1 fully saturated rings. The van der Waals surface area contributed by atoms with E-state index in [2.05, 4.69) is 16.0 Å². The van der Waals surface area contributed by atoms with Crippen LogP contribution in [0.1, 0.15) is 31.4 Å². The number of imide groups is 1. The molecule has 1 aromatic carbocycles. The molecule has 4 amide bonds. The van der Waals surface area contributed by atoms with Gasteiger partial charge in [0.25, 0.3) is 5.91 Å². The summed E-state index contributed by atoms with van der Waals surface area (Å²) in [5.41, 5.74) is 0.601. The van der Waals surface area contributed by atoms with Gasteiger partial charge < -0.3 is 15.4 Å². The van der Waals surface area contributed by atoms with Crippen molar-refractivity contribution in [2.75, 3.05) is 7.11 Å². The summed E-state index contributed by atoms with van der Waals surface area (Å²) in [5, 5.41) is 7.24. The molecule has 0 aromatic heterocycles. The lowest BCUT2D eigenvalue weighted by Crippen LogP contribution is -2.32. The van der Waals surface area contributed by atoms with Crippen LogP contribution in [0.4, 0.5) is 9.18 Å². The Balaban J connectivity index is 1.86. The first-order chi connectivity index (χ1) is 10.9. The minimum atomic E-state index is -0.693. The van der Waals surface area contributed by atoms with Gasteiger partial charge in [0, 0.05) is 6.42 Å². The van der Waals surface area contributed by atoms with Gasteiger partial charge in [0.2, 0.25) is 5.91 Å². The molecule has 8 heteroatoms. The van der Waals surface area contributed by atoms with E-state index >= 15 is 0 Å². The van der Waals surface area contributed by atoms with Crippen LogP contribution >= 0.6 is 0 Å². The molecule has 2 rings (SSSR count). The highest BCUT2D eigenvalue weighted by Crippen LogP contribution is 2.21. The summed E-state index contributed by atoms with van der Waals surface area (Å²) < 4.78 is 18.5. The zero-order chi connectivity index (χ0) is 17.0. The predicted molar refractivity (Wildman–Crippen MR) is 79.2 cm³/mol. The second-order valence-corrected chi connectivity index (χ2v) is 5.24. The van der Waals surface area contributed by atoms with Gasteiger partial charge in [0.05, 0.1) is 13.2 Å². The van der Waals surface area contributed by atoms with Crippen molar-refractivity contribution in [3.63, 3.8) is 0 Å². The fourth-order valence-corrected chi connectivity index (χ4v) is 2.29. The van der Waals surface area contributed by atoms with E-state index in [1.54, 1.807) is 13.0 Å². The van der Waals surface area contributed by atoms with Crippen LogP contribution in [0.3, 0.4) is 0 Å². The number of ether oxygens (including phenoxy) is 1. The van der Waals surface area contributed by atoms with Crippen molar-refractivity contribution < 1.29 is 23.5 Å². The van der Waals surface area contributed by atoms with Crippen LogP contribution in [-0.2, 0) is 9.59 Å². The van der Waals surface area contributed by atoms with Gasteiger partial charge >= 0.3 is 6.03 Å². The number of urea groups is 1. The van der Waals surface area contributed by atoms with Crippen LogP contribution in [0.2, 0.25) is 0 Å². The molecule has 2 atom stereocenters. The number of methoxy groups -OCH3 is 1. The lowest BCUT2D eigenvalue weighted by molar-refractivity contribution is -0.122. The summed E-state index contributed by atoms with van der Waals surface area (Å²) >= 11 is 0. The van der Waals surface area contributed by atoms with Gasteiger partial charge in [-0.1, -0.05) is 6.07 Å². The molecule has 0 radical (unpaired) electrons. The van der Waals surface area contributed by atoms with Crippen molar-refractivity contribution in [3.05, 3.63) is 29.6 Å². The van der Waals surface area contributed by atoms with E-state index in [1.165, 1.54) is 19.2 Å². The van der Waals surface area contributed by atoms with Crippen molar-refractivity contribution >= 4 is 17.8 Å². The fourth-order valence-electron chi connectivity index (χ4n) is 2.29. The molecule has 0 unspecified atom stereocenters. The lowest BCUT2D eigenvalue weighted by Gasteiger charge is -2.16. The molecule has 0 bridgehead atoms. The lowest BCUT2D eigenvalue weighted by atomic mass is 10.1. The molecule has 3 N–H and O–H groups in total. The van der Waals surface area contributed by atoms with Gasteiger partial charge in [-0.25, -0.2) is 9.18 Å². The Labute approximate surface area is 132 Å². The number of benzene rings is 1. The number of nitrogens with one attached hydrogen (secondary N) is 3. The normalized spacial score (nSPS) is 18.1. The first-order valence-corrected chi connectivity index (χ1v) is 7.15. The average molecular weight is 323 g/mol. The van der Waals surface area contributed by atoms with Crippen LogP contribution in [0.15, 0.2) is 18.2 Å². The van der Waals surface area contributed by atoms with Crippen molar-refractivity contribution in [3.8, 4) is 5.75 Å². The maximum absolute atomic E-state index is 13.7. The maximum atomic E-state index is 13.7. The summed E-state index contributed by atoms with van der Waals surface area (Å²) in [6.07, 6.45) is 0.272. The third kappa shape index (κ3) is 4.18. The second-order valence-electron chi connectivity index (χ2n) is 5.24. The van der Waals surface area contributed by atoms with E-state index in [0.717, 1.165) is 0 Å². The third-order valence-electron chi connectivity index (χ3n) is 3.57. The minimum Gasteiger partial charge on any atom is -0.494 e. The Kier molecular flexibility index (Phi) is 5.15. The molecule has 0 spiro atoms.